The van der Waals surface area contributed by atoms with Gasteiger partial charge in [-0.05, 0) is 36.4 Å². The number of rotatable bonds is 18. The Bertz CT molecular complexity index is 1190. The highest BCUT2D eigenvalue weighted by Gasteiger charge is 2.29. The third-order valence-electron chi connectivity index (χ3n) is 6.76. The summed E-state index contributed by atoms with van der Waals surface area (Å²) in [6.45, 7) is 9.59. The van der Waals surface area contributed by atoms with Gasteiger partial charge in [-0.25, -0.2) is 0 Å². The van der Waals surface area contributed by atoms with E-state index in [9.17, 15) is 24.0 Å². The molecule has 0 unspecified atom stereocenters. The van der Waals surface area contributed by atoms with Gasteiger partial charge in [0.15, 0.2) is 5.78 Å². The molecule has 0 aliphatic carbocycles. The van der Waals surface area contributed by atoms with Crippen molar-refractivity contribution in [3.8, 4) is 0 Å². The summed E-state index contributed by atoms with van der Waals surface area (Å²) in [6.07, 6.45) is 0.909. The van der Waals surface area contributed by atoms with Crippen LogP contribution in [0.1, 0.15) is 52.2 Å². The zero-order valence-corrected chi connectivity index (χ0v) is 25.9. The molecule has 4 amide bonds. The lowest BCUT2D eigenvalue weighted by atomic mass is 9.95. The average Bonchev–Trinajstić information content (AvgIpc) is 2.98. The zero-order chi connectivity index (χ0) is 31.8. The van der Waals surface area contributed by atoms with E-state index in [4.69, 9.17) is 0 Å². The summed E-state index contributed by atoms with van der Waals surface area (Å²) < 4.78 is 0. The van der Waals surface area contributed by atoms with Gasteiger partial charge < -0.3 is 26.6 Å². The maximum atomic E-state index is 13.4. The van der Waals surface area contributed by atoms with E-state index in [2.05, 4.69) is 26.6 Å². The van der Waals surface area contributed by atoms with Crippen LogP contribution < -0.4 is 26.6 Å². The molecule has 5 N–H and O–H groups in total. The van der Waals surface area contributed by atoms with Gasteiger partial charge in [0, 0.05) is 12.3 Å². The molecule has 2 rings (SSSR count). The molecule has 2 aromatic carbocycles. The minimum Gasteiger partial charge on any atom is -0.345 e. The number of amides is 4. The second kappa shape index (κ2) is 18.5. The third-order valence-corrected chi connectivity index (χ3v) is 6.76. The molecule has 3 atom stereocenters. The molecule has 0 heterocycles. The van der Waals surface area contributed by atoms with Gasteiger partial charge in [-0.15, -0.1) is 0 Å². The molecule has 10 nitrogen and oxygen atoms in total. The van der Waals surface area contributed by atoms with Crippen molar-refractivity contribution >= 4 is 29.4 Å². The highest BCUT2D eigenvalue weighted by Crippen LogP contribution is 2.10. The number of nitrogens with one attached hydrogen (secondary N) is 5. The lowest BCUT2D eigenvalue weighted by Gasteiger charge is -2.25. The van der Waals surface area contributed by atoms with Crippen LogP contribution in [0.25, 0.3) is 0 Å². The van der Waals surface area contributed by atoms with Gasteiger partial charge in [0.2, 0.25) is 23.6 Å². The molecule has 0 aliphatic heterocycles. The van der Waals surface area contributed by atoms with E-state index in [0.29, 0.717) is 19.4 Å². The summed E-state index contributed by atoms with van der Waals surface area (Å²) in [7, 11) is 0. The first kappa shape index (κ1) is 35.1. The van der Waals surface area contributed by atoms with Gasteiger partial charge >= 0.3 is 0 Å². The van der Waals surface area contributed by atoms with Gasteiger partial charge in [-0.2, -0.15) is 0 Å². The van der Waals surface area contributed by atoms with Gasteiger partial charge in [0.05, 0.1) is 19.1 Å². The van der Waals surface area contributed by atoms with Crippen LogP contribution in [0.15, 0.2) is 60.7 Å². The lowest BCUT2D eigenvalue weighted by Crippen LogP contribution is -2.56. The molecule has 0 aliphatic rings. The quantitative estimate of drug-likeness (QED) is 0.179. The Morgan fingerprint density at radius 1 is 0.628 bits per heavy atom. The summed E-state index contributed by atoms with van der Waals surface area (Å²) in [5, 5.41) is 13.9. The van der Waals surface area contributed by atoms with E-state index in [1.54, 1.807) is 13.8 Å². The first-order chi connectivity index (χ1) is 20.5. The smallest absolute Gasteiger partial charge is 0.243 e. The van der Waals surface area contributed by atoms with Gasteiger partial charge in [0.1, 0.15) is 12.1 Å². The van der Waals surface area contributed by atoms with Crippen LogP contribution in [0.4, 0.5) is 0 Å². The predicted molar refractivity (Wildman–Crippen MR) is 167 cm³/mol. The van der Waals surface area contributed by atoms with Crippen molar-refractivity contribution in [2.75, 3.05) is 19.6 Å². The minimum absolute atomic E-state index is 0.0553. The normalized spacial score (nSPS) is 13.1. The van der Waals surface area contributed by atoms with E-state index in [1.807, 2.05) is 81.4 Å². The molecule has 0 saturated carbocycles. The van der Waals surface area contributed by atoms with Crippen molar-refractivity contribution in [3.63, 3.8) is 0 Å². The maximum absolute atomic E-state index is 13.4. The Kier molecular flexibility index (Phi) is 15.1. The van der Waals surface area contributed by atoms with Crippen LogP contribution in [0.2, 0.25) is 0 Å². The molecule has 10 heteroatoms. The van der Waals surface area contributed by atoms with E-state index in [-0.39, 0.29) is 43.0 Å². The summed E-state index contributed by atoms with van der Waals surface area (Å²) in [6, 6.07) is 16.1. The first-order valence-electron chi connectivity index (χ1n) is 15.0. The third kappa shape index (κ3) is 13.2. The summed E-state index contributed by atoms with van der Waals surface area (Å²) in [5.41, 5.74) is 1.77. The second-order valence-corrected chi connectivity index (χ2v) is 11.4. The molecule has 0 aromatic heterocycles. The van der Waals surface area contributed by atoms with Crippen molar-refractivity contribution in [2.24, 2.45) is 11.8 Å². The Balaban J connectivity index is 2.08. The van der Waals surface area contributed by atoms with Crippen molar-refractivity contribution in [2.45, 2.75) is 72.0 Å². The molecule has 234 valence electrons. The van der Waals surface area contributed by atoms with Crippen molar-refractivity contribution in [1.29, 1.82) is 0 Å². The number of carbonyl (C=O) groups is 5. The Morgan fingerprint density at radius 3 is 1.65 bits per heavy atom. The van der Waals surface area contributed by atoms with E-state index >= 15 is 0 Å². The Morgan fingerprint density at radius 2 is 1.14 bits per heavy atom. The van der Waals surface area contributed by atoms with Crippen LogP contribution in [0.5, 0.6) is 0 Å². The monoisotopic (exact) mass is 593 g/mol. The number of ketones is 1. The number of hydrogen-bond donors (Lipinski definition) is 5. The van der Waals surface area contributed by atoms with Gasteiger partial charge in [-0.1, -0.05) is 95.3 Å². The summed E-state index contributed by atoms with van der Waals surface area (Å²) in [5.74, 6) is -2.19. The molecule has 0 radical (unpaired) electrons. The average molecular weight is 594 g/mol. The van der Waals surface area contributed by atoms with Crippen molar-refractivity contribution < 1.29 is 24.0 Å². The highest BCUT2D eigenvalue weighted by atomic mass is 16.2. The topological polar surface area (TPSA) is 146 Å². The van der Waals surface area contributed by atoms with Gasteiger partial charge in [-0.3, -0.25) is 24.0 Å². The number of carbonyl (C=O) groups excluding carboxylic acids is 5. The van der Waals surface area contributed by atoms with Crippen LogP contribution in [-0.2, 0) is 36.8 Å². The molecular formula is C33H47N5O5. The van der Waals surface area contributed by atoms with E-state index < -0.39 is 35.8 Å². The van der Waals surface area contributed by atoms with E-state index in [1.165, 1.54) is 0 Å². The fraction of sp³-hybridized carbons (Fsp3) is 0.485. The maximum Gasteiger partial charge on any atom is 0.243 e. The highest BCUT2D eigenvalue weighted by molar-refractivity contribution is 5.95. The molecule has 0 bridgehead atoms. The molecule has 0 spiro atoms. The largest absolute Gasteiger partial charge is 0.345 e. The fourth-order valence-corrected chi connectivity index (χ4v) is 4.53. The molecule has 0 fully saturated rings. The minimum atomic E-state index is -0.929. The number of benzene rings is 2. The van der Waals surface area contributed by atoms with E-state index in [0.717, 1.165) is 11.1 Å². The fourth-order valence-electron chi connectivity index (χ4n) is 4.53. The standard InChI is InChI=1S/C33H47N5O5/c1-6-34-20-29(39)37-28(19-25-15-11-8-12-16-25)33(43)38-27(17-22(2)3)32(42)35-21-30(40)36-26(31(41)23(4)5)18-24-13-9-7-10-14-24/h7-16,22-23,26-28,34H,6,17-21H2,1-5H3,(H,35,42)(H,36,40)(H,37,39)(H,38,43)/t26-,27-,28-/m0/s1. The van der Waals surface area contributed by atoms with Crippen molar-refractivity contribution in [1.82, 2.24) is 26.6 Å². The molecule has 0 saturated heterocycles. The number of hydrogen-bond acceptors (Lipinski definition) is 6. The summed E-state index contributed by atoms with van der Waals surface area (Å²) in [4.78, 5) is 64.8. The predicted octanol–water partition coefficient (Wildman–Crippen LogP) is 1.92. The zero-order valence-electron chi connectivity index (χ0n) is 25.9. The lowest BCUT2D eigenvalue weighted by molar-refractivity contribution is -0.133. The summed E-state index contributed by atoms with van der Waals surface area (Å²) >= 11 is 0. The van der Waals surface area contributed by atoms with Crippen LogP contribution in [0.3, 0.4) is 0 Å². The SMILES string of the molecule is CCNCC(=O)N[C@@H](Cc1ccccc1)C(=O)N[C@@H](CC(C)C)C(=O)NCC(=O)N[C@@H](Cc1ccccc1)C(=O)C(C)C. The second-order valence-electron chi connectivity index (χ2n) is 11.4. The van der Waals surface area contributed by atoms with Crippen molar-refractivity contribution in [3.05, 3.63) is 71.8 Å². The van der Waals surface area contributed by atoms with Crippen LogP contribution in [-0.4, -0.2) is 67.2 Å². The number of likely N-dealkylation sites (N-methyl/N-ethyl adjacent to an activating group) is 1. The molecule has 2 aromatic rings. The van der Waals surface area contributed by atoms with Crippen LogP contribution >= 0.6 is 0 Å². The first-order valence-corrected chi connectivity index (χ1v) is 15.0. The Labute approximate surface area is 255 Å². The van der Waals surface area contributed by atoms with Gasteiger partial charge in [0.25, 0.3) is 0 Å². The van der Waals surface area contributed by atoms with Crippen LogP contribution in [0, 0.1) is 11.8 Å². The Hall–Kier alpha value is -4.05. The molecular weight excluding hydrogens is 546 g/mol. The molecule has 43 heavy (non-hydrogen) atoms. The number of Topliss-reactive ketones (excluding diaryl/α,β-unsaturated/α-hetero) is 1.